The monoisotopic (exact) mass is 309 g/mol. The number of carbonyl (C=O) groups excluding carboxylic acids is 1. The fourth-order valence-corrected chi connectivity index (χ4v) is 2.66. The average Bonchev–Trinajstić information content (AvgIpc) is 2.87. The summed E-state index contributed by atoms with van der Waals surface area (Å²) in [4.78, 5) is 14.2. The molecule has 0 spiro atoms. The van der Waals surface area contributed by atoms with Crippen molar-refractivity contribution in [3.8, 4) is 0 Å². The summed E-state index contributed by atoms with van der Waals surface area (Å²) in [6.45, 7) is 10.00. The van der Waals surface area contributed by atoms with Crippen LogP contribution in [0.1, 0.15) is 46.2 Å². The van der Waals surface area contributed by atoms with E-state index in [2.05, 4.69) is 15.4 Å². The number of hydrogen-bond acceptors (Lipinski definition) is 5. The van der Waals surface area contributed by atoms with Gasteiger partial charge in [-0.3, -0.25) is 15.0 Å². The molecule has 1 fully saturated rings. The van der Waals surface area contributed by atoms with Crippen LogP contribution in [0.4, 0.5) is 5.88 Å². The van der Waals surface area contributed by atoms with Crippen LogP contribution in [0.2, 0.25) is 0 Å². The Morgan fingerprint density at radius 2 is 2.14 bits per heavy atom. The van der Waals surface area contributed by atoms with E-state index in [9.17, 15) is 9.90 Å². The topological polar surface area (TPSA) is 78.6 Å². The summed E-state index contributed by atoms with van der Waals surface area (Å²) in [5.41, 5.74) is 0.718. The summed E-state index contributed by atoms with van der Waals surface area (Å²) in [6, 6.07) is 1.78. The van der Waals surface area contributed by atoms with Gasteiger partial charge < -0.3 is 9.63 Å². The number of nitrogens with one attached hydrogen (secondary N) is 1. The lowest BCUT2D eigenvalue weighted by molar-refractivity contribution is -0.117. The maximum atomic E-state index is 12.1. The van der Waals surface area contributed by atoms with E-state index < -0.39 is 0 Å². The fraction of sp³-hybridized carbons (Fsp3) is 0.750. The molecule has 124 valence electrons. The molecule has 2 heterocycles. The van der Waals surface area contributed by atoms with Gasteiger partial charge in [-0.2, -0.15) is 0 Å². The molecule has 1 saturated heterocycles. The minimum absolute atomic E-state index is 0.0906. The molecule has 1 unspecified atom stereocenters. The lowest BCUT2D eigenvalue weighted by atomic mass is 9.92. The predicted octanol–water partition coefficient (Wildman–Crippen LogP) is 2.00. The van der Waals surface area contributed by atoms with Crippen LogP contribution in [0.3, 0.4) is 0 Å². The smallest absolute Gasteiger partial charge is 0.240 e. The Morgan fingerprint density at radius 1 is 1.50 bits per heavy atom. The van der Waals surface area contributed by atoms with Gasteiger partial charge in [-0.25, -0.2) is 0 Å². The van der Waals surface area contributed by atoms with Crippen molar-refractivity contribution in [2.24, 2.45) is 5.92 Å². The molecule has 2 rings (SSSR count). The summed E-state index contributed by atoms with van der Waals surface area (Å²) in [5.74, 6) is 0.656. The van der Waals surface area contributed by atoms with Gasteiger partial charge in [0.25, 0.3) is 0 Å². The molecule has 1 atom stereocenters. The maximum absolute atomic E-state index is 12.1. The Kier molecular flexibility index (Phi) is 5.24. The largest absolute Gasteiger partial charge is 0.393 e. The molecule has 22 heavy (non-hydrogen) atoms. The van der Waals surface area contributed by atoms with Gasteiger partial charge in [-0.15, -0.1) is 0 Å². The molecule has 0 aliphatic carbocycles. The molecule has 6 nitrogen and oxygen atoms in total. The minimum atomic E-state index is -0.263. The van der Waals surface area contributed by atoms with Gasteiger partial charge in [0, 0.05) is 11.5 Å². The molecule has 0 saturated carbocycles. The Hall–Kier alpha value is -1.40. The van der Waals surface area contributed by atoms with E-state index in [0.717, 1.165) is 31.6 Å². The van der Waals surface area contributed by atoms with Crippen LogP contribution in [0.25, 0.3) is 0 Å². The SMILES string of the molecule is CC(O)C1CCN(CC(=O)Nc2cc(C(C)(C)C)no2)CC1. The first-order valence-corrected chi connectivity index (χ1v) is 7.93. The van der Waals surface area contributed by atoms with Crippen molar-refractivity contribution in [1.82, 2.24) is 10.1 Å². The van der Waals surface area contributed by atoms with Crippen molar-refractivity contribution >= 4 is 11.8 Å². The lowest BCUT2D eigenvalue weighted by Crippen LogP contribution is -2.41. The zero-order valence-corrected chi connectivity index (χ0v) is 13.9. The highest BCUT2D eigenvalue weighted by Gasteiger charge is 2.24. The van der Waals surface area contributed by atoms with Gasteiger partial charge in [0.1, 0.15) is 0 Å². The second kappa shape index (κ2) is 6.79. The number of amides is 1. The Labute approximate surface area is 131 Å². The number of carbonyl (C=O) groups is 1. The average molecular weight is 309 g/mol. The molecule has 1 aromatic rings. The zero-order valence-electron chi connectivity index (χ0n) is 13.9. The number of hydrogen-bond donors (Lipinski definition) is 2. The number of aromatic nitrogens is 1. The third-order valence-electron chi connectivity index (χ3n) is 4.22. The van der Waals surface area contributed by atoms with Crippen molar-refractivity contribution in [3.63, 3.8) is 0 Å². The second-order valence-electron chi connectivity index (χ2n) is 7.23. The number of aliphatic hydroxyl groups is 1. The van der Waals surface area contributed by atoms with E-state index in [1.807, 2.05) is 27.7 Å². The zero-order chi connectivity index (χ0) is 16.3. The number of rotatable bonds is 4. The molecular weight excluding hydrogens is 282 g/mol. The van der Waals surface area contributed by atoms with Gasteiger partial charge in [-0.1, -0.05) is 25.9 Å². The van der Waals surface area contributed by atoms with Gasteiger partial charge in [0.2, 0.25) is 11.8 Å². The van der Waals surface area contributed by atoms with Gasteiger partial charge in [0.05, 0.1) is 18.3 Å². The standard InChI is InChI=1S/C16H27N3O3/c1-11(20)12-5-7-19(8-6-12)10-14(21)17-15-9-13(18-22-15)16(2,3)4/h9,11-12,20H,5-8,10H2,1-4H3,(H,17,21). The highest BCUT2D eigenvalue weighted by molar-refractivity contribution is 5.91. The molecule has 1 aromatic heterocycles. The fourth-order valence-electron chi connectivity index (χ4n) is 2.66. The summed E-state index contributed by atoms with van der Waals surface area (Å²) in [7, 11) is 0. The molecule has 1 amide bonds. The lowest BCUT2D eigenvalue weighted by Gasteiger charge is -2.32. The van der Waals surface area contributed by atoms with E-state index in [1.54, 1.807) is 6.07 Å². The van der Waals surface area contributed by atoms with Crippen LogP contribution >= 0.6 is 0 Å². The number of piperidine rings is 1. The van der Waals surface area contributed by atoms with Crippen LogP contribution in [-0.2, 0) is 10.2 Å². The molecule has 1 aliphatic rings. The van der Waals surface area contributed by atoms with E-state index in [0.29, 0.717) is 18.3 Å². The Balaban J connectivity index is 1.80. The summed E-state index contributed by atoms with van der Waals surface area (Å²) >= 11 is 0. The first kappa shape index (κ1) is 17.0. The van der Waals surface area contributed by atoms with Crippen LogP contribution in [0, 0.1) is 5.92 Å². The number of nitrogens with zero attached hydrogens (tertiary/aromatic N) is 2. The maximum Gasteiger partial charge on any atom is 0.240 e. The summed E-state index contributed by atoms with van der Waals surface area (Å²) in [5, 5.41) is 16.3. The predicted molar refractivity (Wildman–Crippen MR) is 84.7 cm³/mol. The first-order chi connectivity index (χ1) is 10.3. The summed E-state index contributed by atoms with van der Waals surface area (Å²) in [6.07, 6.45) is 1.60. The molecule has 0 radical (unpaired) electrons. The van der Waals surface area contributed by atoms with Gasteiger partial charge in [0.15, 0.2) is 0 Å². The number of aliphatic hydroxyl groups excluding tert-OH is 1. The van der Waals surface area contributed by atoms with Crippen LogP contribution in [0.5, 0.6) is 0 Å². The second-order valence-corrected chi connectivity index (χ2v) is 7.23. The summed E-state index contributed by atoms with van der Waals surface area (Å²) < 4.78 is 5.17. The van der Waals surface area contributed by atoms with E-state index in [4.69, 9.17) is 4.52 Å². The van der Waals surface area contributed by atoms with Crippen LogP contribution in [0.15, 0.2) is 10.6 Å². The quantitative estimate of drug-likeness (QED) is 0.889. The van der Waals surface area contributed by atoms with Gasteiger partial charge in [-0.05, 0) is 38.8 Å². The molecule has 0 aromatic carbocycles. The third-order valence-corrected chi connectivity index (χ3v) is 4.22. The minimum Gasteiger partial charge on any atom is -0.393 e. The van der Waals surface area contributed by atoms with Crippen molar-refractivity contribution in [1.29, 1.82) is 0 Å². The number of anilines is 1. The molecule has 2 N–H and O–H groups in total. The number of likely N-dealkylation sites (tertiary alicyclic amines) is 1. The molecule has 1 aliphatic heterocycles. The molecular formula is C16H27N3O3. The van der Waals surface area contributed by atoms with Crippen LogP contribution < -0.4 is 5.32 Å². The first-order valence-electron chi connectivity index (χ1n) is 7.93. The molecule has 0 bridgehead atoms. The van der Waals surface area contributed by atoms with Gasteiger partial charge >= 0.3 is 0 Å². The Bertz CT molecular complexity index is 497. The highest BCUT2D eigenvalue weighted by atomic mass is 16.5. The highest BCUT2D eigenvalue weighted by Crippen LogP contribution is 2.24. The Morgan fingerprint density at radius 3 is 2.64 bits per heavy atom. The van der Waals surface area contributed by atoms with Crippen molar-refractivity contribution in [2.45, 2.75) is 52.1 Å². The van der Waals surface area contributed by atoms with Crippen molar-refractivity contribution in [3.05, 3.63) is 11.8 Å². The van der Waals surface area contributed by atoms with Crippen LogP contribution in [-0.4, -0.2) is 46.8 Å². The normalized spacial score (nSPS) is 19.1. The van der Waals surface area contributed by atoms with E-state index in [1.165, 1.54) is 0 Å². The third kappa shape index (κ3) is 4.55. The van der Waals surface area contributed by atoms with Crippen molar-refractivity contribution in [2.75, 3.05) is 25.0 Å². The van der Waals surface area contributed by atoms with E-state index >= 15 is 0 Å². The molecule has 6 heteroatoms. The van der Waals surface area contributed by atoms with Crippen molar-refractivity contribution < 1.29 is 14.4 Å². The van der Waals surface area contributed by atoms with E-state index in [-0.39, 0.29) is 17.4 Å².